The molecule has 1 aromatic heterocycles. The minimum absolute atomic E-state index is 0.0879. The molecule has 1 saturated heterocycles. The van der Waals surface area contributed by atoms with Crippen LogP contribution in [0.25, 0.3) is 11.0 Å². The van der Waals surface area contributed by atoms with Gasteiger partial charge in [0.2, 0.25) is 5.69 Å². The van der Waals surface area contributed by atoms with E-state index in [1.54, 1.807) is 10.6 Å². The van der Waals surface area contributed by atoms with Gasteiger partial charge in [-0.3, -0.25) is 4.79 Å². The predicted molar refractivity (Wildman–Crippen MR) is 130 cm³/mol. The molecule has 3 saturated carbocycles. The molecular weight excluding hydrogens is 414 g/mol. The Kier molecular flexibility index (Phi) is 5.84. The third-order valence-electron chi connectivity index (χ3n) is 9.34. The van der Waals surface area contributed by atoms with Crippen molar-refractivity contribution in [1.29, 1.82) is 0 Å². The van der Waals surface area contributed by atoms with Crippen molar-refractivity contribution in [2.75, 3.05) is 13.1 Å². The molecule has 6 heteroatoms. The van der Waals surface area contributed by atoms with E-state index in [-0.39, 0.29) is 11.7 Å². The lowest BCUT2D eigenvalue weighted by Gasteiger charge is -2.60. The van der Waals surface area contributed by atoms with E-state index in [2.05, 4.69) is 23.7 Å². The van der Waals surface area contributed by atoms with Gasteiger partial charge in [-0.15, -0.1) is 0 Å². The van der Waals surface area contributed by atoms with Crippen LogP contribution in [0.5, 0.6) is 0 Å². The molecule has 1 N–H and O–H groups in total. The molecule has 1 aromatic carbocycles. The number of para-hydroxylation sites is 2. The molecule has 0 spiro atoms. The largest absolute Gasteiger partial charge is 0.476 e. The van der Waals surface area contributed by atoms with Crippen LogP contribution >= 0.6 is 0 Å². The number of nitrogens with zero attached hydrogens (tertiary/aromatic N) is 3. The minimum atomic E-state index is -1.26. The summed E-state index contributed by atoms with van der Waals surface area (Å²) >= 11 is 0. The monoisotopic (exact) mass is 451 g/mol. The van der Waals surface area contributed by atoms with Gasteiger partial charge in [0.25, 0.3) is 5.56 Å². The molecule has 0 amide bonds. The molecule has 33 heavy (non-hydrogen) atoms. The van der Waals surface area contributed by atoms with Gasteiger partial charge in [0.05, 0.1) is 11.0 Å². The Morgan fingerprint density at radius 3 is 2.76 bits per heavy atom. The summed E-state index contributed by atoms with van der Waals surface area (Å²) in [6, 6.07) is 7.72. The second kappa shape index (κ2) is 8.53. The van der Waals surface area contributed by atoms with Gasteiger partial charge in [-0.1, -0.05) is 26.0 Å². The van der Waals surface area contributed by atoms with Crippen molar-refractivity contribution in [2.24, 2.45) is 23.2 Å². The van der Waals surface area contributed by atoms with E-state index >= 15 is 0 Å². The van der Waals surface area contributed by atoms with Crippen LogP contribution in [-0.4, -0.2) is 44.7 Å². The van der Waals surface area contributed by atoms with Gasteiger partial charge in [-0.25, -0.2) is 9.78 Å². The number of benzene rings is 1. The molecule has 6 rings (SSSR count). The summed E-state index contributed by atoms with van der Waals surface area (Å²) in [5.41, 5.74) is 0.925. The van der Waals surface area contributed by atoms with Crippen LogP contribution < -0.4 is 5.56 Å². The summed E-state index contributed by atoms with van der Waals surface area (Å²) in [5.74, 6) is 1.44. The second-order valence-corrected chi connectivity index (χ2v) is 11.3. The van der Waals surface area contributed by atoms with E-state index in [0.29, 0.717) is 22.5 Å². The molecule has 0 unspecified atom stereocenters. The van der Waals surface area contributed by atoms with Gasteiger partial charge >= 0.3 is 5.97 Å². The lowest BCUT2D eigenvalue weighted by atomic mass is 9.45. The molecule has 4 aliphatic rings. The van der Waals surface area contributed by atoms with Crippen molar-refractivity contribution >= 4 is 17.0 Å². The number of fused-ring (bicyclic) bond motifs is 3. The van der Waals surface area contributed by atoms with E-state index in [1.807, 2.05) is 25.1 Å². The summed E-state index contributed by atoms with van der Waals surface area (Å²) in [6.07, 6.45) is 8.72. The van der Waals surface area contributed by atoms with Gasteiger partial charge in [0, 0.05) is 12.1 Å². The zero-order valence-corrected chi connectivity index (χ0v) is 20.2. The number of rotatable bonds is 7. The van der Waals surface area contributed by atoms with E-state index < -0.39 is 11.5 Å². The first-order valence-electron chi connectivity index (χ1n) is 12.8. The van der Waals surface area contributed by atoms with Gasteiger partial charge in [-0.05, 0) is 100 Å². The maximum absolute atomic E-state index is 13.1. The topological polar surface area (TPSA) is 75.4 Å². The molecule has 2 bridgehead atoms. The summed E-state index contributed by atoms with van der Waals surface area (Å²) in [6.45, 7) is 9.27. The third-order valence-corrected chi connectivity index (χ3v) is 9.34. The summed E-state index contributed by atoms with van der Waals surface area (Å²) < 4.78 is 1.67. The summed E-state index contributed by atoms with van der Waals surface area (Å²) in [4.78, 5) is 31.5. The van der Waals surface area contributed by atoms with Crippen molar-refractivity contribution < 1.29 is 9.90 Å². The SMILES string of the molecule is C[C@@H](C[C@@H]1CCCN1CC[C@@H]1CC[C@H]2C[C@@H]1C2(C)C)n1c(=O)c(C(=O)O)nc2ccccc21. The van der Waals surface area contributed by atoms with Gasteiger partial charge in [0.1, 0.15) is 0 Å². The van der Waals surface area contributed by atoms with Crippen molar-refractivity contribution in [3.05, 3.63) is 40.3 Å². The molecule has 4 fully saturated rings. The Balaban J connectivity index is 1.31. The average molecular weight is 452 g/mol. The molecule has 5 atom stereocenters. The third kappa shape index (κ3) is 3.90. The zero-order valence-electron chi connectivity index (χ0n) is 20.2. The van der Waals surface area contributed by atoms with Crippen LogP contribution in [0.3, 0.4) is 0 Å². The first-order chi connectivity index (χ1) is 15.8. The minimum Gasteiger partial charge on any atom is -0.476 e. The zero-order chi connectivity index (χ0) is 23.3. The predicted octanol–water partition coefficient (Wildman–Crippen LogP) is 4.97. The Morgan fingerprint density at radius 2 is 2.03 bits per heavy atom. The van der Waals surface area contributed by atoms with Crippen molar-refractivity contribution in [3.63, 3.8) is 0 Å². The van der Waals surface area contributed by atoms with Gasteiger partial charge in [0.15, 0.2) is 0 Å². The number of hydrogen-bond acceptors (Lipinski definition) is 4. The Bertz CT molecular complexity index is 1110. The van der Waals surface area contributed by atoms with Crippen LogP contribution in [0.4, 0.5) is 0 Å². The van der Waals surface area contributed by atoms with Crippen LogP contribution in [0.2, 0.25) is 0 Å². The Labute approximate surface area is 196 Å². The first kappa shape index (κ1) is 22.6. The fourth-order valence-electron chi connectivity index (χ4n) is 7.33. The Hall–Kier alpha value is -2.21. The number of likely N-dealkylation sites (tertiary alicyclic amines) is 1. The van der Waals surface area contributed by atoms with Crippen LogP contribution in [-0.2, 0) is 0 Å². The van der Waals surface area contributed by atoms with Crippen molar-refractivity contribution in [2.45, 2.75) is 77.8 Å². The van der Waals surface area contributed by atoms with Gasteiger partial charge < -0.3 is 14.6 Å². The normalized spacial score (nSPS) is 29.7. The standard InChI is InChI=1S/C27H37N3O3/c1-17(30-23-9-5-4-8-22(23)28-24(25(30)31)26(32)33)15-20-7-6-13-29(20)14-12-18-10-11-19-16-21(18)27(19,2)3/h4-5,8-9,17-21H,6-7,10-16H2,1-3H3,(H,32,33)/t17-,18-,19-,20-,21-/m0/s1. The summed E-state index contributed by atoms with van der Waals surface area (Å²) in [7, 11) is 0. The number of aromatic nitrogens is 2. The smallest absolute Gasteiger partial charge is 0.360 e. The van der Waals surface area contributed by atoms with Crippen LogP contribution in [0, 0.1) is 23.2 Å². The lowest BCUT2D eigenvalue weighted by molar-refractivity contribution is -0.108. The highest BCUT2D eigenvalue weighted by Gasteiger charge is 2.53. The lowest BCUT2D eigenvalue weighted by Crippen LogP contribution is -2.52. The van der Waals surface area contributed by atoms with Crippen molar-refractivity contribution in [3.8, 4) is 0 Å². The highest BCUT2D eigenvalue weighted by molar-refractivity contribution is 5.88. The van der Waals surface area contributed by atoms with E-state index in [4.69, 9.17) is 0 Å². The van der Waals surface area contributed by atoms with E-state index in [9.17, 15) is 14.7 Å². The molecule has 2 aromatic rings. The van der Waals surface area contributed by atoms with Crippen LogP contribution in [0.1, 0.15) is 82.2 Å². The van der Waals surface area contributed by atoms with Gasteiger partial charge in [-0.2, -0.15) is 0 Å². The quantitative estimate of drug-likeness (QED) is 0.643. The molecule has 178 valence electrons. The van der Waals surface area contributed by atoms with Crippen molar-refractivity contribution in [1.82, 2.24) is 14.5 Å². The fraction of sp³-hybridized carbons (Fsp3) is 0.667. The molecular formula is C27H37N3O3. The van der Waals surface area contributed by atoms with E-state index in [0.717, 1.165) is 43.7 Å². The highest BCUT2D eigenvalue weighted by Crippen LogP contribution is 2.62. The van der Waals surface area contributed by atoms with Crippen LogP contribution in [0.15, 0.2) is 29.1 Å². The molecule has 3 aliphatic carbocycles. The summed E-state index contributed by atoms with van der Waals surface area (Å²) in [5, 5.41) is 9.53. The molecule has 0 radical (unpaired) electrons. The molecule has 2 heterocycles. The Morgan fingerprint density at radius 1 is 1.24 bits per heavy atom. The highest BCUT2D eigenvalue weighted by atomic mass is 16.4. The van der Waals surface area contributed by atoms with E-state index in [1.165, 1.54) is 32.1 Å². The number of carbonyl (C=O) groups is 1. The first-order valence-corrected chi connectivity index (χ1v) is 12.8. The number of carboxylic acid groups (broad SMARTS) is 1. The number of hydrogen-bond donors (Lipinski definition) is 1. The maximum Gasteiger partial charge on any atom is 0.360 e. The molecule has 1 aliphatic heterocycles. The second-order valence-electron chi connectivity index (χ2n) is 11.3. The maximum atomic E-state index is 13.1. The number of carboxylic acids is 1. The average Bonchev–Trinajstić information content (AvgIpc) is 3.23. The fourth-order valence-corrected chi connectivity index (χ4v) is 7.33. The number of aromatic carboxylic acids is 1. The molecule has 6 nitrogen and oxygen atoms in total.